The van der Waals surface area contributed by atoms with E-state index in [-0.39, 0.29) is 6.61 Å². The number of aromatic nitrogens is 4. The lowest BCUT2D eigenvalue weighted by Gasteiger charge is -2.18. The molecule has 0 bridgehead atoms. The summed E-state index contributed by atoms with van der Waals surface area (Å²) in [7, 11) is -0.533. The number of hydrogen-bond donors (Lipinski definition) is 3. The average molecular weight is 373 g/mol. The lowest BCUT2D eigenvalue weighted by atomic mass is 10.1. The Morgan fingerprint density at radius 2 is 2.20 bits per heavy atom. The van der Waals surface area contributed by atoms with Crippen molar-refractivity contribution in [2.45, 2.75) is 24.5 Å². The Balaban J connectivity index is 1.89. The smallest absolute Gasteiger partial charge is 0.325 e. The first-order chi connectivity index (χ1) is 11.9. The normalized spacial score (nSPS) is 29.0. The number of aliphatic hydroxyl groups excluding tert-OH is 1. The summed E-state index contributed by atoms with van der Waals surface area (Å²) in [6, 6.07) is 0. The van der Waals surface area contributed by atoms with Crippen molar-refractivity contribution in [2.75, 3.05) is 32.7 Å². The predicted molar refractivity (Wildman–Crippen MR) is 87.3 cm³/mol. The Kier molecular flexibility index (Phi) is 5.05. The lowest BCUT2D eigenvalue weighted by Crippen LogP contribution is -2.35. The third-order valence-electron chi connectivity index (χ3n) is 3.93. The molecule has 0 amide bonds. The second-order valence-electron chi connectivity index (χ2n) is 5.65. The van der Waals surface area contributed by atoms with E-state index < -0.39 is 32.1 Å². The van der Waals surface area contributed by atoms with Gasteiger partial charge < -0.3 is 29.3 Å². The highest BCUT2D eigenvalue weighted by molar-refractivity contribution is 7.51. The van der Waals surface area contributed by atoms with Crippen LogP contribution in [0.4, 0.5) is 5.82 Å². The van der Waals surface area contributed by atoms with E-state index in [1.165, 1.54) is 19.8 Å². The van der Waals surface area contributed by atoms with Gasteiger partial charge in [-0.1, -0.05) is 0 Å². The molecule has 12 heteroatoms. The number of ether oxygens (including phenoxy) is 2. The van der Waals surface area contributed by atoms with Gasteiger partial charge in [-0.3, -0.25) is 9.13 Å². The minimum atomic E-state index is -3.67. The summed E-state index contributed by atoms with van der Waals surface area (Å²) in [5, 5.41) is 13.5. The Labute approximate surface area is 143 Å². The third kappa shape index (κ3) is 3.52. The number of aliphatic hydroxyl groups is 1. The molecular formula is C13H20N5O6P. The van der Waals surface area contributed by atoms with Gasteiger partial charge in [-0.05, 0) is 0 Å². The number of anilines is 1. The molecule has 3 heterocycles. The van der Waals surface area contributed by atoms with Crippen LogP contribution in [0.3, 0.4) is 0 Å². The molecule has 2 aromatic rings. The molecule has 3 rings (SSSR count). The van der Waals surface area contributed by atoms with E-state index in [2.05, 4.69) is 20.3 Å². The maximum Gasteiger partial charge on any atom is 0.325 e. The van der Waals surface area contributed by atoms with Gasteiger partial charge in [-0.2, -0.15) is 0 Å². The quantitative estimate of drug-likeness (QED) is 0.591. The van der Waals surface area contributed by atoms with Crippen LogP contribution in [0.1, 0.15) is 6.23 Å². The van der Waals surface area contributed by atoms with E-state index in [4.69, 9.17) is 14.0 Å². The van der Waals surface area contributed by atoms with Crippen LogP contribution in [0, 0.1) is 0 Å². The summed E-state index contributed by atoms with van der Waals surface area (Å²) >= 11 is 0. The summed E-state index contributed by atoms with van der Waals surface area (Å²) in [5.41, 5.74) is 1.01. The molecule has 1 unspecified atom stereocenters. The van der Waals surface area contributed by atoms with Crippen LogP contribution in [-0.4, -0.2) is 75.3 Å². The zero-order valence-electron chi connectivity index (χ0n) is 13.9. The van der Waals surface area contributed by atoms with Gasteiger partial charge in [0, 0.05) is 20.8 Å². The van der Waals surface area contributed by atoms with Crippen molar-refractivity contribution >= 4 is 24.6 Å². The molecule has 3 N–H and O–H groups in total. The van der Waals surface area contributed by atoms with Crippen molar-refractivity contribution in [3.8, 4) is 0 Å². The van der Waals surface area contributed by atoms with Crippen LogP contribution in [0.2, 0.25) is 0 Å². The van der Waals surface area contributed by atoms with E-state index in [9.17, 15) is 14.6 Å². The van der Waals surface area contributed by atoms with Crippen molar-refractivity contribution in [2.24, 2.45) is 0 Å². The molecule has 0 aliphatic carbocycles. The first-order valence-corrected chi connectivity index (χ1v) is 9.54. The SMILES string of the molecule is CNc1ncnc2c1ncn2[C@@H]1O[C@H](COP(C)(=O)O)[C@@H](OC)[C@H]1O. The lowest BCUT2D eigenvalue weighted by molar-refractivity contribution is -0.0503. The molecule has 1 saturated heterocycles. The van der Waals surface area contributed by atoms with Gasteiger partial charge in [-0.25, -0.2) is 15.0 Å². The molecule has 0 spiro atoms. The average Bonchev–Trinajstić information content (AvgIpc) is 3.12. The maximum absolute atomic E-state index is 11.3. The fourth-order valence-electron chi connectivity index (χ4n) is 2.81. The zero-order valence-corrected chi connectivity index (χ0v) is 14.8. The number of fused-ring (bicyclic) bond motifs is 1. The van der Waals surface area contributed by atoms with Crippen molar-refractivity contribution < 1.29 is 28.6 Å². The number of hydrogen-bond acceptors (Lipinski definition) is 9. The first kappa shape index (κ1) is 18.2. The van der Waals surface area contributed by atoms with Crippen LogP contribution < -0.4 is 5.32 Å². The Bertz CT molecular complexity index is 794. The summed E-state index contributed by atoms with van der Waals surface area (Å²) in [6.07, 6.45) is -0.479. The number of methoxy groups -OCH3 is 1. The molecule has 1 aliphatic rings. The minimum absolute atomic E-state index is 0.195. The Morgan fingerprint density at radius 1 is 1.44 bits per heavy atom. The molecule has 0 radical (unpaired) electrons. The van der Waals surface area contributed by atoms with Gasteiger partial charge in [0.1, 0.15) is 30.2 Å². The van der Waals surface area contributed by atoms with Gasteiger partial charge in [0.05, 0.1) is 12.9 Å². The molecule has 11 nitrogen and oxygen atoms in total. The highest BCUT2D eigenvalue weighted by Crippen LogP contribution is 2.39. The topological polar surface area (TPSA) is 141 Å². The molecule has 5 atom stereocenters. The predicted octanol–water partition coefficient (Wildman–Crippen LogP) is -0.0269. The van der Waals surface area contributed by atoms with Gasteiger partial charge in [-0.15, -0.1) is 0 Å². The molecule has 1 fully saturated rings. The molecule has 2 aromatic heterocycles. The van der Waals surface area contributed by atoms with Crippen molar-refractivity contribution in [3.63, 3.8) is 0 Å². The highest BCUT2D eigenvalue weighted by Gasteiger charge is 2.46. The number of nitrogens with zero attached hydrogens (tertiary/aromatic N) is 4. The van der Waals surface area contributed by atoms with Gasteiger partial charge in [0.25, 0.3) is 0 Å². The van der Waals surface area contributed by atoms with Crippen molar-refractivity contribution in [1.82, 2.24) is 19.5 Å². The molecule has 0 aromatic carbocycles. The van der Waals surface area contributed by atoms with E-state index >= 15 is 0 Å². The number of nitrogens with one attached hydrogen (secondary N) is 1. The second kappa shape index (κ2) is 6.94. The summed E-state index contributed by atoms with van der Waals surface area (Å²) in [5.74, 6) is 0.548. The zero-order chi connectivity index (χ0) is 18.2. The van der Waals surface area contributed by atoms with Crippen molar-refractivity contribution in [3.05, 3.63) is 12.7 Å². The van der Waals surface area contributed by atoms with Crippen molar-refractivity contribution in [1.29, 1.82) is 0 Å². The van der Waals surface area contributed by atoms with Crippen LogP contribution in [0.5, 0.6) is 0 Å². The fraction of sp³-hybridized carbons (Fsp3) is 0.615. The largest absolute Gasteiger partial charge is 0.386 e. The number of imidazole rings is 1. The van der Waals surface area contributed by atoms with Crippen LogP contribution in [0.25, 0.3) is 11.2 Å². The molecular weight excluding hydrogens is 353 g/mol. The summed E-state index contributed by atoms with van der Waals surface area (Å²) in [4.78, 5) is 21.8. The Hall–Kier alpha value is -1.62. The number of rotatable bonds is 6. The standard InChI is InChI=1S/C13H20N5O6P/c1-14-11-8-12(16-5-15-11)18(6-17-8)13-9(19)10(22-2)7(24-13)4-23-25(3,20)21/h5-7,9-10,13,19H,4H2,1-3H3,(H,20,21)(H,14,15,16)/t7-,9-,10-,13-/m1/s1. The van der Waals surface area contributed by atoms with E-state index in [0.717, 1.165) is 6.66 Å². The van der Waals surface area contributed by atoms with E-state index in [1.807, 2.05) is 0 Å². The van der Waals surface area contributed by atoms with E-state index in [1.54, 1.807) is 11.6 Å². The minimum Gasteiger partial charge on any atom is -0.386 e. The van der Waals surface area contributed by atoms with E-state index in [0.29, 0.717) is 17.0 Å². The fourth-order valence-corrected chi connectivity index (χ4v) is 3.23. The highest BCUT2D eigenvalue weighted by atomic mass is 31.2. The molecule has 138 valence electrons. The van der Waals surface area contributed by atoms with Gasteiger partial charge >= 0.3 is 7.60 Å². The first-order valence-electron chi connectivity index (χ1n) is 7.52. The molecule has 1 aliphatic heterocycles. The molecule has 0 saturated carbocycles. The molecule has 25 heavy (non-hydrogen) atoms. The summed E-state index contributed by atoms with van der Waals surface area (Å²) in [6.45, 7) is 0.886. The Morgan fingerprint density at radius 3 is 2.84 bits per heavy atom. The second-order valence-corrected chi connectivity index (χ2v) is 7.52. The monoisotopic (exact) mass is 373 g/mol. The van der Waals surface area contributed by atoms with Crippen LogP contribution in [0.15, 0.2) is 12.7 Å². The van der Waals surface area contributed by atoms with Gasteiger partial charge in [0.2, 0.25) is 0 Å². The third-order valence-corrected chi connectivity index (χ3v) is 4.56. The van der Waals surface area contributed by atoms with Gasteiger partial charge in [0.15, 0.2) is 17.7 Å². The summed E-state index contributed by atoms with van der Waals surface area (Å²) < 4.78 is 28.9. The maximum atomic E-state index is 11.3. The van der Waals surface area contributed by atoms with Crippen LogP contribution in [-0.2, 0) is 18.6 Å². The van der Waals surface area contributed by atoms with Crippen LogP contribution >= 0.6 is 7.60 Å².